The van der Waals surface area contributed by atoms with E-state index in [4.69, 9.17) is 0 Å². The van der Waals surface area contributed by atoms with E-state index in [0.717, 1.165) is 60.2 Å². The SMILES string of the molecule is C=C/C(O)=C(C)\C(CCN(C=O)Cc1ccc(F)c(C)c1)=C1\C(=C)NC2(CCCCC2)N1C. The lowest BCUT2D eigenvalue weighted by Crippen LogP contribution is -2.50. The van der Waals surface area contributed by atoms with Crippen LogP contribution >= 0.6 is 0 Å². The van der Waals surface area contributed by atoms with Gasteiger partial charge >= 0.3 is 0 Å². The zero-order valence-corrected chi connectivity index (χ0v) is 20.1. The van der Waals surface area contributed by atoms with Crippen molar-refractivity contribution in [1.29, 1.82) is 0 Å². The lowest BCUT2D eigenvalue weighted by atomic mass is 9.88. The molecule has 1 aromatic carbocycles. The van der Waals surface area contributed by atoms with Crippen molar-refractivity contribution in [1.82, 2.24) is 15.1 Å². The zero-order valence-electron chi connectivity index (χ0n) is 20.1. The topological polar surface area (TPSA) is 55.8 Å². The van der Waals surface area contributed by atoms with E-state index >= 15 is 0 Å². The van der Waals surface area contributed by atoms with Crippen molar-refractivity contribution in [3.63, 3.8) is 0 Å². The summed E-state index contributed by atoms with van der Waals surface area (Å²) in [6.07, 6.45) is 8.45. The van der Waals surface area contributed by atoms with Gasteiger partial charge in [0.1, 0.15) is 17.2 Å². The number of rotatable bonds is 8. The van der Waals surface area contributed by atoms with Gasteiger partial charge in [0, 0.05) is 20.1 Å². The van der Waals surface area contributed by atoms with Crippen LogP contribution in [0.4, 0.5) is 4.39 Å². The van der Waals surface area contributed by atoms with Crippen molar-refractivity contribution >= 4 is 6.41 Å². The van der Waals surface area contributed by atoms with Crippen LogP contribution in [0.3, 0.4) is 0 Å². The number of nitrogens with one attached hydrogen (secondary N) is 1. The van der Waals surface area contributed by atoms with Crippen LogP contribution in [0.25, 0.3) is 0 Å². The minimum Gasteiger partial charge on any atom is -0.508 e. The number of aliphatic hydroxyl groups is 1. The highest BCUT2D eigenvalue weighted by atomic mass is 19.1. The summed E-state index contributed by atoms with van der Waals surface area (Å²) < 4.78 is 13.6. The molecule has 1 spiro atoms. The molecule has 0 atom stereocenters. The molecule has 2 aliphatic rings. The van der Waals surface area contributed by atoms with E-state index in [9.17, 15) is 14.3 Å². The summed E-state index contributed by atoms with van der Waals surface area (Å²) in [5, 5.41) is 14.1. The molecule has 2 N–H and O–H groups in total. The van der Waals surface area contributed by atoms with Gasteiger partial charge in [0.05, 0.1) is 11.4 Å². The molecule has 1 saturated heterocycles. The maximum absolute atomic E-state index is 13.6. The molecule has 0 unspecified atom stereocenters. The maximum Gasteiger partial charge on any atom is 0.210 e. The standard InChI is InChI=1S/C27H36FN3O2/c1-6-25(33)20(3)23(26-21(4)29-27(30(26)5)13-8-7-9-14-27)12-15-31(18-32)17-22-10-11-24(28)19(2)16-22/h6,10-11,16,18,29,33H,1,4,7-9,12-15,17H2,2-3,5H3/b25-20+,26-23-. The smallest absolute Gasteiger partial charge is 0.210 e. The molecule has 1 saturated carbocycles. The van der Waals surface area contributed by atoms with Gasteiger partial charge in [0.2, 0.25) is 6.41 Å². The highest BCUT2D eigenvalue weighted by Crippen LogP contribution is 2.42. The number of likely N-dealkylation sites (N-methyl/N-ethyl adjacent to an activating group) is 1. The fourth-order valence-electron chi connectivity index (χ4n) is 5.08. The van der Waals surface area contributed by atoms with Gasteiger partial charge in [-0.15, -0.1) is 0 Å². The highest BCUT2D eigenvalue weighted by Gasteiger charge is 2.44. The number of allylic oxidation sites excluding steroid dienone is 2. The van der Waals surface area contributed by atoms with Gasteiger partial charge in [0.15, 0.2) is 0 Å². The summed E-state index contributed by atoms with van der Waals surface area (Å²) in [6.45, 7) is 12.4. The molecule has 0 aromatic heterocycles. The third-order valence-corrected chi connectivity index (χ3v) is 7.05. The molecule has 0 radical (unpaired) electrons. The quantitative estimate of drug-likeness (QED) is 0.312. The lowest BCUT2D eigenvalue weighted by molar-refractivity contribution is -0.118. The second-order valence-corrected chi connectivity index (χ2v) is 9.21. The lowest BCUT2D eigenvalue weighted by Gasteiger charge is -2.40. The summed E-state index contributed by atoms with van der Waals surface area (Å²) >= 11 is 0. The van der Waals surface area contributed by atoms with Crippen molar-refractivity contribution in [3.8, 4) is 0 Å². The van der Waals surface area contributed by atoms with Crippen molar-refractivity contribution in [3.05, 3.63) is 82.7 Å². The summed E-state index contributed by atoms with van der Waals surface area (Å²) in [7, 11) is 2.09. The van der Waals surface area contributed by atoms with Gasteiger partial charge in [-0.1, -0.05) is 31.7 Å². The largest absolute Gasteiger partial charge is 0.508 e. The molecule has 1 aromatic rings. The van der Waals surface area contributed by atoms with Crippen molar-refractivity contribution in [2.75, 3.05) is 13.6 Å². The van der Waals surface area contributed by atoms with Gasteiger partial charge < -0.3 is 20.2 Å². The number of halogens is 1. The fourth-order valence-corrected chi connectivity index (χ4v) is 5.08. The van der Waals surface area contributed by atoms with Crippen LogP contribution in [-0.2, 0) is 11.3 Å². The van der Waals surface area contributed by atoms with Gasteiger partial charge in [0.25, 0.3) is 0 Å². The number of benzene rings is 1. The molecular formula is C27H36FN3O2. The molecular weight excluding hydrogens is 417 g/mol. The number of hydrogen-bond donors (Lipinski definition) is 2. The van der Waals surface area contributed by atoms with Gasteiger partial charge in [-0.05, 0) is 80.4 Å². The minimum absolute atomic E-state index is 0.120. The normalized spacial score (nSPS) is 19.8. The Morgan fingerprint density at radius 3 is 2.64 bits per heavy atom. The van der Waals surface area contributed by atoms with Crippen LogP contribution in [0.15, 0.2) is 65.7 Å². The molecule has 1 heterocycles. The van der Waals surface area contributed by atoms with Gasteiger partial charge in [-0.2, -0.15) is 0 Å². The Morgan fingerprint density at radius 1 is 1.33 bits per heavy atom. The fraction of sp³-hybridized carbons (Fsp3) is 0.444. The Morgan fingerprint density at radius 2 is 2.03 bits per heavy atom. The molecule has 3 rings (SSSR count). The predicted octanol–water partition coefficient (Wildman–Crippen LogP) is 5.46. The molecule has 5 nitrogen and oxygen atoms in total. The number of aliphatic hydroxyl groups excluding tert-OH is 1. The Labute approximate surface area is 197 Å². The number of hydrogen-bond acceptors (Lipinski definition) is 4. The molecule has 6 heteroatoms. The Kier molecular flexibility index (Phi) is 7.67. The zero-order chi connectivity index (χ0) is 24.2. The first-order valence-electron chi connectivity index (χ1n) is 11.6. The average Bonchev–Trinajstić information content (AvgIpc) is 3.04. The van der Waals surface area contributed by atoms with Crippen molar-refractivity contribution in [2.24, 2.45) is 0 Å². The first kappa shape index (κ1) is 24.6. The number of nitrogens with zero attached hydrogens (tertiary/aromatic N) is 2. The summed E-state index contributed by atoms with van der Waals surface area (Å²) in [4.78, 5) is 15.8. The number of carbonyl (C=O) groups is 1. The summed E-state index contributed by atoms with van der Waals surface area (Å²) in [5.41, 5.74) is 4.78. The summed E-state index contributed by atoms with van der Waals surface area (Å²) in [5.74, 6) is -0.133. The van der Waals surface area contributed by atoms with E-state index < -0.39 is 0 Å². The van der Waals surface area contributed by atoms with Crippen LogP contribution in [-0.4, -0.2) is 40.6 Å². The van der Waals surface area contributed by atoms with Crippen LogP contribution in [0.2, 0.25) is 0 Å². The predicted molar refractivity (Wildman–Crippen MR) is 131 cm³/mol. The van der Waals surface area contributed by atoms with Crippen LogP contribution in [0.5, 0.6) is 0 Å². The minimum atomic E-state index is -0.254. The van der Waals surface area contributed by atoms with E-state index in [-0.39, 0.29) is 17.2 Å². The van der Waals surface area contributed by atoms with E-state index in [0.29, 0.717) is 25.1 Å². The molecule has 1 aliphatic heterocycles. The van der Waals surface area contributed by atoms with Gasteiger partial charge in [-0.25, -0.2) is 4.39 Å². The number of carbonyl (C=O) groups excluding carboxylic acids is 1. The summed E-state index contributed by atoms with van der Waals surface area (Å²) in [6, 6.07) is 4.91. The maximum atomic E-state index is 13.6. The Bertz CT molecular complexity index is 989. The van der Waals surface area contributed by atoms with Gasteiger partial charge in [-0.3, -0.25) is 4.79 Å². The first-order chi connectivity index (χ1) is 15.7. The average molecular weight is 454 g/mol. The molecule has 33 heavy (non-hydrogen) atoms. The number of amides is 1. The number of aryl methyl sites for hydroxylation is 1. The second kappa shape index (κ2) is 10.3. The second-order valence-electron chi connectivity index (χ2n) is 9.21. The molecule has 1 amide bonds. The third-order valence-electron chi connectivity index (χ3n) is 7.05. The highest BCUT2D eigenvalue weighted by molar-refractivity contribution is 5.50. The molecule has 0 bridgehead atoms. The van der Waals surface area contributed by atoms with E-state index in [1.54, 1.807) is 24.0 Å². The molecule has 1 aliphatic carbocycles. The van der Waals surface area contributed by atoms with E-state index in [2.05, 4.69) is 30.4 Å². The van der Waals surface area contributed by atoms with E-state index in [1.165, 1.54) is 18.6 Å². The first-order valence-corrected chi connectivity index (χ1v) is 11.6. The van der Waals surface area contributed by atoms with E-state index in [1.807, 2.05) is 6.92 Å². The van der Waals surface area contributed by atoms with Crippen molar-refractivity contribution in [2.45, 2.75) is 64.6 Å². The van der Waals surface area contributed by atoms with Crippen molar-refractivity contribution < 1.29 is 14.3 Å². The third kappa shape index (κ3) is 5.15. The Balaban J connectivity index is 1.89. The monoisotopic (exact) mass is 453 g/mol. The molecule has 178 valence electrons. The van der Waals surface area contributed by atoms with Crippen LogP contribution in [0, 0.1) is 12.7 Å². The Hall–Kier alpha value is -3.02. The van der Waals surface area contributed by atoms with Crippen LogP contribution in [0.1, 0.15) is 56.6 Å². The van der Waals surface area contributed by atoms with Crippen LogP contribution < -0.4 is 5.32 Å². The molecule has 2 fully saturated rings.